The Morgan fingerprint density at radius 2 is 2.24 bits per heavy atom. The third-order valence-electron chi connectivity index (χ3n) is 5.20. The van der Waals surface area contributed by atoms with Crippen LogP contribution < -0.4 is 0 Å². The minimum Gasteiger partial charge on any atom is -0.361 e. The molecule has 0 saturated carbocycles. The molecule has 0 spiro atoms. The largest absolute Gasteiger partial charge is 0.361 e. The fourth-order valence-electron chi connectivity index (χ4n) is 3.90. The lowest BCUT2D eigenvalue weighted by molar-refractivity contribution is 0.00819. The second kappa shape index (κ2) is 6.17. The van der Waals surface area contributed by atoms with E-state index in [0.717, 1.165) is 23.6 Å². The first-order chi connectivity index (χ1) is 11.9. The maximum absolute atomic E-state index is 13.6. The van der Waals surface area contributed by atoms with Crippen molar-refractivity contribution < 1.29 is 13.3 Å². The molecule has 8 heteroatoms. The van der Waals surface area contributed by atoms with Gasteiger partial charge < -0.3 is 9.09 Å². The maximum Gasteiger partial charge on any atom is 0.261 e. The fraction of sp³-hybridized carbons (Fsp3) is 0.647. The van der Waals surface area contributed by atoms with Crippen LogP contribution in [0.5, 0.6) is 0 Å². The molecule has 25 heavy (non-hydrogen) atoms. The molecule has 1 fully saturated rings. The van der Waals surface area contributed by atoms with Crippen LogP contribution in [0.25, 0.3) is 0 Å². The molecule has 0 aliphatic carbocycles. The third kappa shape index (κ3) is 3.46. The number of alkyl halides is 2. The Hall–Kier alpha value is -1.80. The molecule has 2 aromatic rings. The van der Waals surface area contributed by atoms with Crippen molar-refractivity contribution in [3.05, 3.63) is 35.2 Å². The first-order valence-corrected chi connectivity index (χ1v) is 8.65. The quantitative estimate of drug-likeness (QED) is 0.843. The number of imidazole rings is 1. The molecule has 2 aliphatic heterocycles. The normalized spacial score (nSPS) is 23.9. The highest BCUT2D eigenvalue weighted by atomic mass is 19.3. The molecule has 0 aromatic carbocycles. The molecule has 0 N–H and O–H groups in total. The smallest absolute Gasteiger partial charge is 0.261 e. The molecule has 4 heterocycles. The Balaban J connectivity index is 1.53. The summed E-state index contributed by atoms with van der Waals surface area (Å²) in [5.74, 6) is -1.78. The van der Waals surface area contributed by atoms with Gasteiger partial charge in [0.15, 0.2) is 0 Å². The molecule has 1 saturated heterocycles. The summed E-state index contributed by atoms with van der Waals surface area (Å²) in [5, 5.41) is 4.08. The van der Waals surface area contributed by atoms with Crippen molar-refractivity contribution in [1.29, 1.82) is 0 Å². The van der Waals surface area contributed by atoms with E-state index in [1.54, 1.807) is 0 Å². The highest BCUT2D eigenvalue weighted by Gasteiger charge is 2.40. The molecule has 4 rings (SSSR count). The fourth-order valence-corrected chi connectivity index (χ4v) is 3.90. The van der Waals surface area contributed by atoms with E-state index in [1.165, 1.54) is 5.69 Å². The second-order valence-electron chi connectivity index (χ2n) is 7.28. The van der Waals surface area contributed by atoms with E-state index in [2.05, 4.69) is 15.0 Å². The average molecular weight is 351 g/mol. The number of aryl methyl sites for hydroxylation is 2. The topological polar surface area (TPSA) is 50.3 Å². The second-order valence-corrected chi connectivity index (χ2v) is 7.28. The number of fused-ring (bicyclic) bond motifs is 1. The molecule has 1 atom stereocenters. The summed E-state index contributed by atoms with van der Waals surface area (Å²) >= 11 is 0. The summed E-state index contributed by atoms with van der Waals surface area (Å²) in [6.07, 6.45) is 2.60. The van der Waals surface area contributed by atoms with Crippen molar-refractivity contribution in [2.24, 2.45) is 7.05 Å². The molecular formula is C17H23F2N5O. The number of aromatic nitrogens is 3. The van der Waals surface area contributed by atoms with Gasteiger partial charge in [-0.25, -0.2) is 13.8 Å². The monoisotopic (exact) mass is 351 g/mol. The lowest BCUT2D eigenvalue weighted by Crippen LogP contribution is -2.47. The van der Waals surface area contributed by atoms with Gasteiger partial charge in [-0.1, -0.05) is 5.16 Å². The van der Waals surface area contributed by atoms with Crippen LogP contribution in [-0.2, 0) is 26.6 Å². The Kier molecular flexibility index (Phi) is 4.11. The van der Waals surface area contributed by atoms with Crippen LogP contribution in [0.1, 0.15) is 29.3 Å². The molecule has 2 aromatic heterocycles. The van der Waals surface area contributed by atoms with Gasteiger partial charge in [-0.05, 0) is 6.92 Å². The van der Waals surface area contributed by atoms with Crippen LogP contribution in [0.3, 0.4) is 0 Å². The van der Waals surface area contributed by atoms with Gasteiger partial charge in [0.2, 0.25) is 0 Å². The molecule has 0 amide bonds. The number of nitrogens with zero attached hydrogens (tertiary/aromatic N) is 5. The summed E-state index contributed by atoms with van der Waals surface area (Å²) < 4.78 is 34.3. The van der Waals surface area contributed by atoms with Gasteiger partial charge in [-0.15, -0.1) is 0 Å². The van der Waals surface area contributed by atoms with Crippen LogP contribution in [-0.4, -0.2) is 56.1 Å². The molecule has 1 unspecified atom stereocenters. The predicted molar refractivity (Wildman–Crippen MR) is 87.2 cm³/mol. The highest BCUT2D eigenvalue weighted by molar-refractivity contribution is 5.19. The summed E-state index contributed by atoms with van der Waals surface area (Å²) in [6.45, 7) is 4.17. The van der Waals surface area contributed by atoms with Crippen LogP contribution in [0, 0.1) is 6.92 Å². The van der Waals surface area contributed by atoms with Crippen LogP contribution in [0.4, 0.5) is 8.78 Å². The Labute approximate surface area is 145 Å². The van der Waals surface area contributed by atoms with E-state index >= 15 is 0 Å². The van der Waals surface area contributed by atoms with Gasteiger partial charge >= 0.3 is 0 Å². The van der Waals surface area contributed by atoms with Crippen LogP contribution >= 0.6 is 0 Å². The first-order valence-electron chi connectivity index (χ1n) is 8.65. The molecular weight excluding hydrogens is 328 g/mol. The van der Waals surface area contributed by atoms with Crippen molar-refractivity contribution in [2.45, 2.75) is 44.8 Å². The van der Waals surface area contributed by atoms with Gasteiger partial charge in [0.25, 0.3) is 5.92 Å². The van der Waals surface area contributed by atoms with Crippen molar-refractivity contribution in [1.82, 2.24) is 24.5 Å². The lowest BCUT2D eigenvalue weighted by atomic mass is 10.0. The Bertz CT molecular complexity index is 756. The molecule has 0 bridgehead atoms. The first kappa shape index (κ1) is 16.7. The maximum atomic E-state index is 13.6. The Morgan fingerprint density at radius 3 is 2.92 bits per heavy atom. The zero-order valence-corrected chi connectivity index (χ0v) is 14.6. The molecule has 136 valence electrons. The summed E-state index contributed by atoms with van der Waals surface area (Å²) in [5.41, 5.74) is 3.13. The van der Waals surface area contributed by atoms with Crippen molar-refractivity contribution in [3.63, 3.8) is 0 Å². The summed E-state index contributed by atoms with van der Waals surface area (Å²) in [4.78, 5) is 8.65. The standard InChI is InChI=1S/C17H23F2N5O/c1-12-5-13(21-25-12)7-24-9-15-16(22(2)11-20-15)6-14(24)8-23-4-3-17(18,19)10-23/h5,11,14H,3-4,6-10H2,1-2H3. The molecule has 2 aliphatic rings. The molecule has 0 radical (unpaired) electrons. The van der Waals surface area contributed by atoms with E-state index in [-0.39, 0.29) is 19.0 Å². The number of rotatable bonds is 4. The average Bonchev–Trinajstić information content (AvgIpc) is 3.21. The van der Waals surface area contributed by atoms with Crippen molar-refractivity contribution >= 4 is 0 Å². The summed E-state index contributed by atoms with van der Waals surface area (Å²) in [7, 11) is 1.99. The van der Waals surface area contributed by atoms with E-state index in [9.17, 15) is 8.78 Å². The lowest BCUT2D eigenvalue weighted by Gasteiger charge is -2.37. The third-order valence-corrected chi connectivity index (χ3v) is 5.20. The Morgan fingerprint density at radius 1 is 1.40 bits per heavy atom. The van der Waals surface area contributed by atoms with E-state index in [1.807, 2.05) is 35.8 Å². The minimum atomic E-state index is -2.56. The van der Waals surface area contributed by atoms with Crippen molar-refractivity contribution in [2.75, 3.05) is 19.6 Å². The summed E-state index contributed by atoms with van der Waals surface area (Å²) in [6, 6.07) is 2.09. The number of halogens is 2. The van der Waals surface area contributed by atoms with Gasteiger partial charge in [0.1, 0.15) is 5.76 Å². The van der Waals surface area contributed by atoms with Gasteiger partial charge in [-0.2, -0.15) is 0 Å². The van der Waals surface area contributed by atoms with Crippen LogP contribution in [0.15, 0.2) is 16.9 Å². The minimum absolute atomic E-state index is 0.0425. The van der Waals surface area contributed by atoms with Crippen LogP contribution in [0.2, 0.25) is 0 Å². The molecule has 6 nitrogen and oxygen atoms in total. The van der Waals surface area contributed by atoms with E-state index in [4.69, 9.17) is 4.52 Å². The zero-order chi connectivity index (χ0) is 17.6. The van der Waals surface area contributed by atoms with Gasteiger partial charge in [-0.3, -0.25) is 9.80 Å². The number of hydrogen-bond acceptors (Lipinski definition) is 5. The number of likely N-dealkylation sites (tertiary alicyclic amines) is 1. The van der Waals surface area contributed by atoms with Crippen molar-refractivity contribution in [3.8, 4) is 0 Å². The van der Waals surface area contributed by atoms with E-state index < -0.39 is 5.92 Å². The number of hydrogen-bond donors (Lipinski definition) is 0. The predicted octanol–water partition coefficient (Wildman–Crippen LogP) is 1.98. The van der Waals surface area contributed by atoms with Gasteiger partial charge in [0.05, 0.1) is 24.3 Å². The van der Waals surface area contributed by atoms with Gasteiger partial charge in [0, 0.05) is 63.9 Å². The SMILES string of the molecule is Cc1cc(CN2Cc3ncn(C)c3CC2CN2CCC(F)(F)C2)no1. The van der Waals surface area contributed by atoms with E-state index in [0.29, 0.717) is 26.2 Å². The highest BCUT2D eigenvalue weighted by Crippen LogP contribution is 2.29. The zero-order valence-electron chi connectivity index (χ0n) is 14.6.